The van der Waals surface area contributed by atoms with E-state index in [0.717, 1.165) is 4.90 Å². The fourth-order valence-electron chi connectivity index (χ4n) is 1.66. The van der Waals surface area contributed by atoms with Crippen LogP contribution in [-0.2, 0) is 4.79 Å². The number of amides is 1. The average Bonchev–Trinajstić information content (AvgIpc) is 2.25. The zero-order valence-corrected chi connectivity index (χ0v) is 8.44. The normalized spacial score (nSPS) is 21.4. The second kappa shape index (κ2) is 5.07. The molecule has 0 aliphatic carbocycles. The van der Waals surface area contributed by atoms with Gasteiger partial charge in [-0.05, 0) is 18.4 Å². The maximum Gasteiger partial charge on any atom is 0.393 e. The number of carbonyl (C=O) groups excluding carboxylic acids is 1. The second-order valence-electron chi connectivity index (χ2n) is 3.61. The van der Waals surface area contributed by atoms with Gasteiger partial charge in [-0.15, -0.1) is 0 Å². The molecule has 1 aliphatic heterocycles. The lowest BCUT2D eigenvalue weighted by molar-refractivity contribution is -0.187. The molecule has 1 unspecified atom stereocenters. The largest absolute Gasteiger partial charge is 0.393 e. The van der Waals surface area contributed by atoms with Crippen LogP contribution in [0.1, 0.15) is 12.8 Å². The number of halogens is 3. The quantitative estimate of drug-likeness (QED) is 0.411. The third-order valence-electron chi connectivity index (χ3n) is 2.51. The van der Waals surface area contributed by atoms with Crippen LogP contribution in [0.15, 0.2) is 5.11 Å². The van der Waals surface area contributed by atoms with Gasteiger partial charge in [0.25, 0.3) is 0 Å². The van der Waals surface area contributed by atoms with Crippen LogP contribution in [0.25, 0.3) is 10.4 Å². The van der Waals surface area contributed by atoms with Gasteiger partial charge in [0.2, 0.25) is 5.91 Å². The van der Waals surface area contributed by atoms with E-state index in [0.29, 0.717) is 13.0 Å². The predicted molar refractivity (Wildman–Crippen MR) is 49.4 cm³/mol. The molecule has 0 aromatic carbocycles. The Kier molecular flexibility index (Phi) is 4.00. The summed E-state index contributed by atoms with van der Waals surface area (Å²) in [6.07, 6.45) is -3.89. The minimum Gasteiger partial charge on any atom is -0.342 e. The number of carbonyl (C=O) groups is 1. The number of azide groups is 1. The van der Waals surface area contributed by atoms with Gasteiger partial charge >= 0.3 is 6.18 Å². The van der Waals surface area contributed by atoms with E-state index in [1.54, 1.807) is 0 Å². The van der Waals surface area contributed by atoms with Crippen LogP contribution in [0.2, 0.25) is 0 Å². The van der Waals surface area contributed by atoms with Crippen LogP contribution in [0.3, 0.4) is 0 Å². The topological polar surface area (TPSA) is 69.1 Å². The van der Waals surface area contributed by atoms with Crippen molar-refractivity contribution in [3.63, 3.8) is 0 Å². The van der Waals surface area contributed by atoms with Crippen molar-refractivity contribution in [3.8, 4) is 0 Å². The van der Waals surface area contributed by atoms with Gasteiger partial charge < -0.3 is 4.90 Å². The number of rotatable bonds is 2. The van der Waals surface area contributed by atoms with Gasteiger partial charge in [-0.25, -0.2) is 0 Å². The molecule has 1 heterocycles. The zero-order valence-electron chi connectivity index (χ0n) is 8.44. The Balaban J connectivity index is 2.56. The zero-order chi connectivity index (χ0) is 12.2. The van der Waals surface area contributed by atoms with Gasteiger partial charge in [0, 0.05) is 18.0 Å². The Morgan fingerprint density at radius 1 is 1.56 bits per heavy atom. The molecule has 0 spiro atoms. The second-order valence-corrected chi connectivity index (χ2v) is 3.61. The van der Waals surface area contributed by atoms with E-state index >= 15 is 0 Å². The highest BCUT2D eigenvalue weighted by Gasteiger charge is 2.42. The van der Waals surface area contributed by atoms with Crippen LogP contribution >= 0.6 is 0 Å². The smallest absolute Gasteiger partial charge is 0.342 e. The summed E-state index contributed by atoms with van der Waals surface area (Å²) in [7, 11) is 0. The molecule has 8 heteroatoms. The van der Waals surface area contributed by atoms with E-state index in [9.17, 15) is 18.0 Å². The highest BCUT2D eigenvalue weighted by atomic mass is 19.4. The van der Waals surface area contributed by atoms with Crippen molar-refractivity contribution in [2.75, 3.05) is 19.6 Å². The molecule has 1 aliphatic rings. The SMILES string of the molecule is [N-]=[N+]=NCC(=O)N1CCCC(C(F)(F)F)C1. The van der Waals surface area contributed by atoms with E-state index in [-0.39, 0.29) is 13.0 Å². The summed E-state index contributed by atoms with van der Waals surface area (Å²) in [5.41, 5.74) is 8.00. The molecule has 16 heavy (non-hydrogen) atoms. The fraction of sp³-hybridized carbons (Fsp3) is 0.875. The van der Waals surface area contributed by atoms with Crippen LogP contribution in [0, 0.1) is 5.92 Å². The highest BCUT2D eigenvalue weighted by molar-refractivity contribution is 5.78. The Bertz CT molecular complexity index is 311. The lowest BCUT2D eigenvalue weighted by Gasteiger charge is -2.33. The standard InChI is InChI=1S/C8H11F3N4O/c9-8(10,11)6-2-1-3-15(5-6)7(16)4-13-14-12/h6H,1-5H2. The molecule has 0 saturated carbocycles. The van der Waals surface area contributed by atoms with Gasteiger partial charge in [0.05, 0.1) is 5.92 Å². The Labute approximate surface area is 89.8 Å². The molecule has 90 valence electrons. The maximum atomic E-state index is 12.4. The number of hydrogen-bond acceptors (Lipinski definition) is 2. The third-order valence-corrected chi connectivity index (χ3v) is 2.51. The van der Waals surface area contributed by atoms with Gasteiger partial charge in [-0.1, -0.05) is 5.11 Å². The highest BCUT2D eigenvalue weighted by Crippen LogP contribution is 2.33. The van der Waals surface area contributed by atoms with Gasteiger partial charge in [-0.2, -0.15) is 13.2 Å². The molecule has 0 aromatic rings. The Morgan fingerprint density at radius 2 is 2.25 bits per heavy atom. The van der Waals surface area contributed by atoms with Crippen molar-refractivity contribution < 1.29 is 18.0 Å². The minimum atomic E-state index is -4.27. The Morgan fingerprint density at radius 3 is 2.81 bits per heavy atom. The summed E-state index contributed by atoms with van der Waals surface area (Å²) in [6.45, 7) is -0.448. The third kappa shape index (κ3) is 3.30. The molecule has 0 bridgehead atoms. The molecule has 1 atom stereocenters. The van der Waals surface area contributed by atoms with Gasteiger partial charge in [-0.3, -0.25) is 4.79 Å². The number of nitrogens with zero attached hydrogens (tertiary/aromatic N) is 4. The van der Waals surface area contributed by atoms with Crippen molar-refractivity contribution in [1.29, 1.82) is 0 Å². The van der Waals surface area contributed by atoms with Crippen molar-refractivity contribution in [2.45, 2.75) is 19.0 Å². The lowest BCUT2D eigenvalue weighted by Crippen LogP contribution is -2.45. The summed E-state index contributed by atoms with van der Waals surface area (Å²) in [4.78, 5) is 14.8. The number of hydrogen-bond donors (Lipinski definition) is 0. The lowest BCUT2D eigenvalue weighted by atomic mass is 9.97. The van der Waals surface area contributed by atoms with E-state index < -0.39 is 24.5 Å². The predicted octanol–water partition coefficient (Wildman–Crippen LogP) is 2.10. The van der Waals surface area contributed by atoms with Crippen LogP contribution < -0.4 is 0 Å². The first kappa shape index (κ1) is 12.6. The molecule has 1 amide bonds. The monoisotopic (exact) mass is 236 g/mol. The summed E-state index contributed by atoms with van der Waals surface area (Å²) < 4.78 is 37.2. The molecule has 0 aromatic heterocycles. The van der Waals surface area contributed by atoms with Crippen molar-refractivity contribution in [2.24, 2.45) is 11.0 Å². The van der Waals surface area contributed by atoms with Crippen molar-refractivity contribution in [1.82, 2.24) is 4.90 Å². The van der Waals surface area contributed by atoms with Crippen LogP contribution in [0.5, 0.6) is 0 Å². The fourth-order valence-corrected chi connectivity index (χ4v) is 1.66. The summed E-state index contributed by atoms with van der Waals surface area (Å²) in [5.74, 6) is -2.01. The molecule has 0 radical (unpaired) electrons. The first-order valence-corrected chi connectivity index (χ1v) is 4.80. The average molecular weight is 236 g/mol. The number of likely N-dealkylation sites (tertiary alicyclic amines) is 1. The molecular formula is C8H11F3N4O. The van der Waals surface area contributed by atoms with Crippen molar-refractivity contribution >= 4 is 5.91 Å². The molecule has 5 nitrogen and oxygen atoms in total. The number of alkyl halides is 3. The van der Waals surface area contributed by atoms with Crippen LogP contribution in [-0.4, -0.2) is 36.6 Å². The molecule has 0 N–H and O–H groups in total. The first-order valence-electron chi connectivity index (χ1n) is 4.80. The summed E-state index contributed by atoms with van der Waals surface area (Å²) in [6, 6.07) is 0. The maximum absolute atomic E-state index is 12.4. The van der Waals surface area contributed by atoms with Crippen LogP contribution in [0.4, 0.5) is 13.2 Å². The van der Waals surface area contributed by atoms with E-state index in [1.807, 2.05) is 0 Å². The van der Waals surface area contributed by atoms with Gasteiger partial charge in [0.1, 0.15) is 6.54 Å². The summed E-state index contributed by atoms with van der Waals surface area (Å²) in [5, 5.41) is 3.04. The van der Waals surface area contributed by atoms with E-state index in [2.05, 4.69) is 10.0 Å². The first-order chi connectivity index (χ1) is 7.45. The molecule has 1 fully saturated rings. The number of piperidine rings is 1. The summed E-state index contributed by atoms with van der Waals surface area (Å²) >= 11 is 0. The molecule has 1 saturated heterocycles. The molecular weight excluding hydrogens is 225 g/mol. The van der Waals surface area contributed by atoms with E-state index in [4.69, 9.17) is 5.53 Å². The van der Waals surface area contributed by atoms with Crippen molar-refractivity contribution in [3.05, 3.63) is 10.4 Å². The van der Waals surface area contributed by atoms with E-state index in [1.165, 1.54) is 0 Å². The molecule has 1 rings (SSSR count). The Hall–Kier alpha value is -1.43. The van der Waals surface area contributed by atoms with Gasteiger partial charge in [0.15, 0.2) is 0 Å². The minimum absolute atomic E-state index is 0.0504.